The number of carbonyl (C=O) groups excluding carboxylic acids is 2. The molecule has 5 rings (SSSR count). The molecule has 0 saturated carbocycles. The van der Waals surface area contributed by atoms with Gasteiger partial charge in [0.05, 0.1) is 12.1 Å². The van der Waals surface area contributed by atoms with Crippen LogP contribution < -0.4 is 0 Å². The highest BCUT2D eigenvalue weighted by molar-refractivity contribution is 6.74. The van der Waals surface area contributed by atoms with Crippen LogP contribution in [0.25, 0.3) is 11.5 Å². The fourth-order valence-corrected chi connectivity index (χ4v) is 7.38. The normalized spacial score (nSPS) is 17.3. The molecule has 4 heterocycles. The first-order valence-electron chi connectivity index (χ1n) is 17.6. The van der Waals surface area contributed by atoms with Crippen LogP contribution >= 0.6 is 0 Å². The van der Waals surface area contributed by atoms with E-state index >= 15 is 0 Å². The lowest BCUT2D eigenvalue weighted by molar-refractivity contribution is -0.00244. The lowest BCUT2D eigenvalue weighted by Gasteiger charge is -2.43. The smallest absolute Gasteiger partial charge is 0.410 e. The summed E-state index contributed by atoms with van der Waals surface area (Å²) in [6.45, 7) is 19.0. The molecule has 0 bridgehead atoms. The van der Waals surface area contributed by atoms with Crippen molar-refractivity contribution in [3.05, 3.63) is 95.3 Å². The van der Waals surface area contributed by atoms with E-state index in [2.05, 4.69) is 49.0 Å². The third-order valence-corrected chi connectivity index (χ3v) is 14.2. The molecular weight excluding hydrogens is 661 g/mol. The molecule has 4 aromatic rings. The maximum absolute atomic E-state index is 14.1. The Morgan fingerprint density at radius 3 is 2.29 bits per heavy atom. The van der Waals surface area contributed by atoms with E-state index in [4.69, 9.17) is 18.7 Å². The Morgan fingerprint density at radius 2 is 1.73 bits per heavy atom. The Kier molecular flexibility index (Phi) is 11.2. The first-order chi connectivity index (χ1) is 23.9. The van der Waals surface area contributed by atoms with E-state index in [1.807, 2.05) is 74.2 Å². The lowest BCUT2D eigenvalue weighted by atomic mass is 10.0. The number of hydrogen-bond donors (Lipinski definition) is 0. The summed E-state index contributed by atoms with van der Waals surface area (Å²) in [5.74, 6) is 0.820. The molecular formula is C39H52N6O5Si. The first-order valence-corrected chi connectivity index (χ1v) is 20.5. The van der Waals surface area contributed by atoms with Gasteiger partial charge in [-0.3, -0.25) is 19.7 Å². The third kappa shape index (κ3) is 9.28. The van der Waals surface area contributed by atoms with Crippen molar-refractivity contribution in [2.75, 3.05) is 7.05 Å². The van der Waals surface area contributed by atoms with Gasteiger partial charge in [-0.25, -0.2) is 4.79 Å². The van der Waals surface area contributed by atoms with Gasteiger partial charge in [0.1, 0.15) is 11.3 Å². The number of likely N-dealkylation sites (tertiary alicyclic amines) is 1. The molecule has 2 amide bonds. The second-order valence-corrected chi connectivity index (χ2v) is 20.8. The summed E-state index contributed by atoms with van der Waals surface area (Å²) in [5.41, 5.74) is 3.39. The second kappa shape index (κ2) is 15.0. The Balaban J connectivity index is 1.42. The summed E-state index contributed by atoms with van der Waals surface area (Å²) in [7, 11) is -0.547. The van der Waals surface area contributed by atoms with Gasteiger partial charge in [0.25, 0.3) is 5.91 Å². The summed E-state index contributed by atoms with van der Waals surface area (Å²) >= 11 is 0. The summed E-state index contributed by atoms with van der Waals surface area (Å²) in [6.07, 6.45) is 6.59. The van der Waals surface area contributed by atoms with Crippen molar-refractivity contribution < 1.29 is 23.3 Å². The predicted octanol–water partition coefficient (Wildman–Crippen LogP) is 8.18. The zero-order chi connectivity index (χ0) is 37.1. The quantitative estimate of drug-likeness (QED) is 0.150. The molecule has 11 nitrogen and oxygen atoms in total. The molecule has 1 aliphatic rings. The summed E-state index contributed by atoms with van der Waals surface area (Å²) in [6, 6.07) is 15.0. The SMILES string of the molecule is Cc1nc(-c2ccc(C(O[Si](C)(C)C(C)(C)C)C3CCC(Cc4ccc(C(=O)N(C)Cc5cccnc5)cc4)N3C(=O)OC(C)(C)C)cn2)no1. The van der Waals surface area contributed by atoms with Crippen LogP contribution in [0, 0.1) is 6.92 Å². The molecule has 0 aliphatic carbocycles. The number of rotatable bonds is 10. The Labute approximate surface area is 302 Å². The molecule has 0 spiro atoms. The van der Waals surface area contributed by atoms with Crippen molar-refractivity contribution in [2.45, 2.75) is 116 Å². The highest BCUT2D eigenvalue weighted by atomic mass is 28.4. The van der Waals surface area contributed by atoms with E-state index < -0.39 is 20.0 Å². The average molecular weight is 713 g/mol. The first kappa shape index (κ1) is 37.8. The van der Waals surface area contributed by atoms with Crippen LogP contribution in [-0.4, -0.2) is 75.0 Å². The monoisotopic (exact) mass is 712 g/mol. The highest BCUT2D eigenvalue weighted by Gasteiger charge is 2.48. The second-order valence-electron chi connectivity index (χ2n) is 16.0. The summed E-state index contributed by atoms with van der Waals surface area (Å²) in [5, 5.41) is 3.95. The van der Waals surface area contributed by atoms with Crippen molar-refractivity contribution >= 4 is 20.3 Å². The lowest BCUT2D eigenvalue weighted by Crippen LogP contribution is -2.50. The number of nitrogens with zero attached hydrogens (tertiary/aromatic N) is 6. The maximum atomic E-state index is 14.1. The van der Waals surface area contributed by atoms with Crippen LogP contribution in [0.2, 0.25) is 18.1 Å². The van der Waals surface area contributed by atoms with Gasteiger partial charge < -0.3 is 18.6 Å². The molecule has 3 unspecified atom stereocenters. The van der Waals surface area contributed by atoms with Crippen LogP contribution in [0.3, 0.4) is 0 Å². The van der Waals surface area contributed by atoms with Crippen molar-refractivity contribution in [1.82, 2.24) is 29.9 Å². The Morgan fingerprint density at radius 1 is 1.00 bits per heavy atom. The molecule has 0 N–H and O–H groups in total. The summed E-state index contributed by atoms with van der Waals surface area (Å²) < 4.78 is 18.4. The number of amides is 2. The van der Waals surface area contributed by atoms with Crippen LogP contribution in [0.4, 0.5) is 4.79 Å². The van der Waals surface area contributed by atoms with Crippen molar-refractivity contribution in [1.29, 1.82) is 0 Å². The van der Waals surface area contributed by atoms with Gasteiger partial charge in [-0.2, -0.15) is 4.98 Å². The van der Waals surface area contributed by atoms with Crippen LogP contribution in [-0.2, 0) is 22.1 Å². The molecule has 51 heavy (non-hydrogen) atoms. The molecule has 3 atom stereocenters. The van der Waals surface area contributed by atoms with Crippen molar-refractivity contribution in [2.24, 2.45) is 0 Å². The minimum atomic E-state index is -2.34. The number of pyridine rings is 2. The van der Waals surface area contributed by atoms with Crippen LogP contribution in [0.5, 0.6) is 0 Å². The highest BCUT2D eigenvalue weighted by Crippen LogP contribution is 2.44. The molecule has 1 fully saturated rings. The predicted molar refractivity (Wildman–Crippen MR) is 198 cm³/mol. The minimum absolute atomic E-state index is 0.0681. The standard InChI is InChI=1S/C39H52N6O5Si/c1-26-42-35(43-49-26)32-19-17-30(24-41-32)34(50-51(9,10)39(5,6)7)33-20-18-31(45(33)37(47)48-38(2,3)4)22-27-13-15-29(16-14-27)36(46)44(8)25-28-12-11-21-40-23-28/h11-17,19,21,23-24,31,33-34H,18,20,22,25H2,1-10H3. The van der Waals surface area contributed by atoms with Gasteiger partial charge in [-0.1, -0.05) is 50.2 Å². The molecule has 1 aliphatic heterocycles. The fourth-order valence-electron chi connectivity index (χ4n) is 6.09. The van der Waals surface area contributed by atoms with Crippen molar-refractivity contribution in [3.63, 3.8) is 0 Å². The van der Waals surface area contributed by atoms with Gasteiger partial charge in [0, 0.05) is 50.7 Å². The molecule has 0 radical (unpaired) electrons. The van der Waals surface area contributed by atoms with Gasteiger partial charge in [0.2, 0.25) is 11.7 Å². The zero-order valence-electron chi connectivity index (χ0n) is 31.6. The third-order valence-electron chi connectivity index (χ3n) is 9.76. The van der Waals surface area contributed by atoms with Gasteiger partial charge >= 0.3 is 6.09 Å². The molecule has 272 valence electrons. The van der Waals surface area contributed by atoms with E-state index in [0.717, 1.165) is 29.5 Å². The van der Waals surface area contributed by atoms with Gasteiger partial charge in [-0.05, 0) is 99.1 Å². The molecule has 12 heteroatoms. The molecule has 3 aromatic heterocycles. The number of aryl methyl sites for hydroxylation is 1. The number of benzene rings is 1. The zero-order valence-corrected chi connectivity index (χ0v) is 32.6. The number of aromatic nitrogens is 4. The van der Waals surface area contributed by atoms with E-state index in [9.17, 15) is 9.59 Å². The van der Waals surface area contributed by atoms with Crippen LogP contribution in [0.1, 0.15) is 93.4 Å². The maximum Gasteiger partial charge on any atom is 0.410 e. The topological polar surface area (TPSA) is 124 Å². The van der Waals surface area contributed by atoms with E-state index in [1.54, 1.807) is 37.5 Å². The fraction of sp³-hybridized carbons (Fsp3) is 0.487. The van der Waals surface area contributed by atoms with Gasteiger partial charge in [-0.15, -0.1) is 0 Å². The molecule has 1 saturated heterocycles. The van der Waals surface area contributed by atoms with Gasteiger partial charge in [0.15, 0.2) is 8.32 Å². The van der Waals surface area contributed by atoms with Crippen LogP contribution in [0.15, 0.2) is 71.6 Å². The Hall–Kier alpha value is -4.42. The van der Waals surface area contributed by atoms with E-state index in [-0.39, 0.29) is 29.1 Å². The van der Waals surface area contributed by atoms with E-state index in [0.29, 0.717) is 35.9 Å². The van der Waals surface area contributed by atoms with E-state index in [1.165, 1.54) is 0 Å². The number of ether oxygens (including phenoxy) is 1. The number of carbonyl (C=O) groups is 2. The minimum Gasteiger partial charge on any atom is -0.444 e. The summed E-state index contributed by atoms with van der Waals surface area (Å²) in [4.78, 5) is 44.1. The Bertz CT molecular complexity index is 1780. The largest absolute Gasteiger partial charge is 0.444 e. The van der Waals surface area contributed by atoms with Crippen molar-refractivity contribution in [3.8, 4) is 11.5 Å². The number of hydrogen-bond acceptors (Lipinski definition) is 9. The molecule has 1 aromatic carbocycles. The average Bonchev–Trinajstić information content (AvgIpc) is 3.69.